The lowest BCUT2D eigenvalue weighted by Gasteiger charge is -2.08. The van der Waals surface area contributed by atoms with Gasteiger partial charge in [-0.3, -0.25) is 14.2 Å². The Balaban J connectivity index is 1.87. The zero-order valence-electron chi connectivity index (χ0n) is 12.6. The lowest BCUT2D eigenvalue weighted by atomic mass is 10.2. The van der Waals surface area contributed by atoms with Crippen molar-refractivity contribution < 1.29 is 0 Å². The standard InChI is InChI=1S/C16H20N4OS/c1-10-6-8-12(9-7-10)19-16-13(15(21)20-22-16)14(17)18-11-4-2-3-5-11/h6-9,11,19H,2-5H2,1H3,(H2,17,18)(H,20,21). The molecule has 2 aromatic rings. The summed E-state index contributed by atoms with van der Waals surface area (Å²) in [7, 11) is 0. The van der Waals surface area contributed by atoms with Crippen LogP contribution in [0.25, 0.3) is 0 Å². The summed E-state index contributed by atoms with van der Waals surface area (Å²) in [5.74, 6) is 0.337. The van der Waals surface area contributed by atoms with Gasteiger partial charge in [-0.05, 0) is 43.4 Å². The van der Waals surface area contributed by atoms with Crippen molar-refractivity contribution in [3.05, 3.63) is 45.7 Å². The number of amidine groups is 1. The van der Waals surface area contributed by atoms with E-state index in [0.29, 0.717) is 16.4 Å². The maximum absolute atomic E-state index is 12.1. The highest BCUT2D eigenvalue weighted by molar-refractivity contribution is 7.10. The highest BCUT2D eigenvalue weighted by atomic mass is 32.1. The number of nitrogens with two attached hydrogens (primary N) is 1. The van der Waals surface area contributed by atoms with Crippen LogP contribution in [0.15, 0.2) is 34.1 Å². The largest absolute Gasteiger partial charge is 0.383 e. The third-order valence-electron chi connectivity index (χ3n) is 3.91. The molecule has 116 valence electrons. The average molecular weight is 316 g/mol. The van der Waals surface area contributed by atoms with Gasteiger partial charge in [0, 0.05) is 5.69 Å². The number of aromatic nitrogens is 1. The Labute approximate surface area is 133 Å². The first kappa shape index (κ1) is 14.8. The fourth-order valence-electron chi connectivity index (χ4n) is 2.69. The molecule has 1 aromatic heterocycles. The minimum atomic E-state index is -0.182. The fraction of sp³-hybridized carbons (Fsp3) is 0.375. The molecule has 0 amide bonds. The number of rotatable bonds is 4. The third-order valence-corrected chi connectivity index (χ3v) is 4.71. The monoisotopic (exact) mass is 316 g/mol. The summed E-state index contributed by atoms with van der Waals surface area (Å²) in [6.45, 7) is 2.04. The first-order chi connectivity index (χ1) is 10.6. The van der Waals surface area contributed by atoms with Gasteiger partial charge >= 0.3 is 0 Å². The number of nitrogens with zero attached hydrogens (tertiary/aromatic N) is 1. The molecule has 1 heterocycles. The molecule has 0 spiro atoms. The first-order valence-corrected chi connectivity index (χ1v) is 8.34. The molecule has 1 aromatic carbocycles. The van der Waals surface area contributed by atoms with Crippen molar-refractivity contribution in [2.24, 2.45) is 10.7 Å². The van der Waals surface area contributed by atoms with Crippen molar-refractivity contribution in [2.45, 2.75) is 38.6 Å². The summed E-state index contributed by atoms with van der Waals surface area (Å²) in [6.07, 6.45) is 4.50. The molecule has 0 saturated heterocycles. The van der Waals surface area contributed by atoms with E-state index in [1.165, 1.54) is 29.9 Å². The Bertz CT molecular complexity index is 723. The van der Waals surface area contributed by atoms with E-state index >= 15 is 0 Å². The second-order valence-corrected chi connectivity index (χ2v) is 6.50. The second-order valence-electron chi connectivity index (χ2n) is 5.68. The zero-order valence-corrected chi connectivity index (χ0v) is 13.4. The first-order valence-electron chi connectivity index (χ1n) is 7.52. The summed E-state index contributed by atoms with van der Waals surface area (Å²) in [4.78, 5) is 16.6. The zero-order chi connectivity index (χ0) is 15.5. The van der Waals surface area contributed by atoms with Gasteiger partial charge in [0.05, 0.1) is 6.04 Å². The predicted octanol–water partition coefficient (Wildman–Crippen LogP) is 3.14. The topological polar surface area (TPSA) is 83.3 Å². The van der Waals surface area contributed by atoms with E-state index < -0.39 is 0 Å². The quantitative estimate of drug-likeness (QED) is 0.598. The molecule has 1 saturated carbocycles. The third kappa shape index (κ3) is 3.22. The number of anilines is 2. The van der Waals surface area contributed by atoms with E-state index in [2.05, 4.69) is 14.7 Å². The van der Waals surface area contributed by atoms with Gasteiger partial charge in [-0.1, -0.05) is 30.5 Å². The molecule has 4 N–H and O–H groups in total. The molecule has 1 aliphatic rings. The lowest BCUT2D eigenvalue weighted by molar-refractivity contribution is 0.706. The highest BCUT2D eigenvalue weighted by Crippen LogP contribution is 2.25. The summed E-state index contributed by atoms with van der Waals surface area (Å²) in [5, 5.41) is 3.97. The highest BCUT2D eigenvalue weighted by Gasteiger charge is 2.19. The van der Waals surface area contributed by atoms with Gasteiger partial charge in [0.2, 0.25) is 0 Å². The number of H-pyrrole nitrogens is 1. The minimum Gasteiger partial charge on any atom is -0.383 e. The van der Waals surface area contributed by atoms with Gasteiger partial charge in [-0.25, -0.2) is 0 Å². The molecular weight excluding hydrogens is 296 g/mol. The molecule has 0 radical (unpaired) electrons. The number of aliphatic imine (C=N–C) groups is 1. The van der Waals surface area contributed by atoms with Crippen LogP contribution in [0.5, 0.6) is 0 Å². The number of benzene rings is 1. The summed E-state index contributed by atoms with van der Waals surface area (Å²) in [5.41, 5.74) is 8.49. The Kier molecular flexibility index (Phi) is 4.29. The fourth-order valence-corrected chi connectivity index (χ4v) is 3.45. The van der Waals surface area contributed by atoms with Crippen LogP contribution >= 0.6 is 11.5 Å². The summed E-state index contributed by atoms with van der Waals surface area (Å²) < 4.78 is 2.74. The van der Waals surface area contributed by atoms with Crippen LogP contribution in [0.1, 0.15) is 36.8 Å². The molecule has 0 aliphatic heterocycles. The van der Waals surface area contributed by atoms with Gasteiger partial charge < -0.3 is 11.1 Å². The van der Waals surface area contributed by atoms with Gasteiger partial charge in [-0.2, -0.15) is 0 Å². The molecule has 6 heteroatoms. The SMILES string of the molecule is Cc1ccc(Nc2s[nH]c(=O)c2C(N)=NC2CCCC2)cc1. The molecule has 22 heavy (non-hydrogen) atoms. The van der Waals surface area contributed by atoms with Crippen LogP contribution in [-0.4, -0.2) is 16.3 Å². The van der Waals surface area contributed by atoms with E-state index in [1.54, 1.807) is 0 Å². The van der Waals surface area contributed by atoms with Crippen LogP contribution in [0.3, 0.4) is 0 Å². The number of aryl methyl sites for hydroxylation is 1. The molecule has 1 aliphatic carbocycles. The minimum absolute atomic E-state index is 0.182. The Morgan fingerprint density at radius 1 is 1.32 bits per heavy atom. The van der Waals surface area contributed by atoms with E-state index in [4.69, 9.17) is 5.73 Å². The lowest BCUT2D eigenvalue weighted by Crippen LogP contribution is -2.24. The van der Waals surface area contributed by atoms with Gasteiger partial charge in [0.15, 0.2) is 0 Å². The van der Waals surface area contributed by atoms with E-state index in [0.717, 1.165) is 18.5 Å². The van der Waals surface area contributed by atoms with Crippen molar-refractivity contribution >= 4 is 28.1 Å². The average Bonchev–Trinajstić information content (AvgIpc) is 3.11. The van der Waals surface area contributed by atoms with Crippen molar-refractivity contribution in [1.29, 1.82) is 0 Å². The van der Waals surface area contributed by atoms with Crippen LogP contribution < -0.4 is 16.6 Å². The molecule has 3 rings (SSSR count). The van der Waals surface area contributed by atoms with Crippen molar-refractivity contribution in [1.82, 2.24) is 4.37 Å². The van der Waals surface area contributed by atoms with E-state index in [-0.39, 0.29) is 11.6 Å². The molecule has 0 bridgehead atoms. The smallest absolute Gasteiger partial charge is 0.271 e. The Hall–Kier alpha value is -2.08. The predicted molar refractivity (Wildman–Crippen MR) is 92.4 cm³/mol. The summed E-state index contributed by atoms with van der Waals surface area (Å²) >= 11 is 1.25. The Morgan fingerprint density at radius 2 is 2.00 bits per heavy atom. The number of hydrogen-bond donors (Lipinski definition) is 3. The van der Waals surface area contributed by atoms with Gasteiger partial charge in [-0.15, -0.1) is 0 Å². The van der Waals surface area contributed by atoms with Crippen LogP contribution in [0, 0.1) is 6.92 Å². The number of nitrogens with one attached hydrogen (secondary N) is 2. The van der Waals surface area contributed by atoms with Crippen LogP contribution in [0.4, 0.5) is 10.7 Å². The molecule has 0 atom stereocenters. The maximum Gasteiger partial charge on any atom is 0.271 e. The van der Waals surface area contributed by atoms with E-state index in [1.807, 2.05) is 31.2 Å². The molecule has 1 fully saturated rings. The van der Waals surface area contributed by atoms with Crippen molar-refractivity contribution in [3.63, 3.8) is 0 Å². The Morgan fingerprint density at radius 3 is 2.68 bits per heavy atom. The van der Waals surface area contributed by atoms with Crippen LogP contribution in [-0.2, 0) is 0 Å². The number of aromatic amines is 1. The van der Waals surface area contributed by atoms with Gasteiger partial charge in [0.1, 0.15) is 16.4 Å². The molecule has 0 unspecified atom stereocenters. The normalized spacial score (nSPS) is 16.1. The van der Waals surface area contributed by atoms with Crippen molar-refractivity contribution in [3.8, 4) is 0 Å². The molecular formula is C16H20N4OS. The summed E-state index contributed by atoms with van der Waals surface area (Å²) in [6, 6.07) is 8.26. The number of hydrogen-bond acceptors (Lipinski definition) is 4. The van der Waals surface area contributed by atoms with E-state index in [9.17, 15) is 4.79 Å². The van der Waals surface area contributed by atoms with Gasteiger partial charge in [0.25, 0.3) is 5.56 Å². The van der Waals surface area contributed by atoms with Crippen LogP contribution in [0.2, 0.25) is 0 Å². The molecule has 5 nitrogen and oxygen atoms in total. The second kappa shape index (κ2) is 6.36. The maximum atomic E-state index is 12.1. The van der Waals surface area contributed by atoms with Crippen molar-refractivity contribution in [2.75, 3.05) is 5.32 Å².